The third-order valence-corrected chi connectivity index (χ3v) is 3.22. The zero-order chi connectivity index (χ0) is 14.8. The van der Waals surface area contributed by atoms with E-state index in [2.05, 4.69) is 0 Å². The molecule has 3 nitrogen and oxygen atoms in total. The van der Waals surface area contributed by atoms with Crippen LogP contribution in [-0.4, -0.2) is 16.8 Å². The van der Waals surface area contributed by atoms with Crippen LogP contribution in [0.4, 0.5) is 4.79 Å². The highest BCUT2D eigenvalue weighted by Crippen LogP contribution is 2.20. The van der Waals surface area contributed by atoms with E-state index in [1.165, 1.54) is 6.42 Å². The normalized spacial score (nSPS) is 14.9. The SMILES string of the molecule is O=C(Cl)Cc1ccccc1.O=C(Cl)OC1CCCCC1. The maximum absolute atomic E-state index is 10.4. The lowest BCUT2D eigenvalue weighted by molar-refractivity contribution is -0.111. The quantitative estimate of drug-likeness (QED) is 0.760. The van der Waals surface area contributed by atoms with E-state index < -0.39 is 5.43 Å². The number of ether oxygens (including phenoxy) is 1. The smallest absolute Gasteiger partial charge is 0.404 e. The highest BCUT2D eigenvalue weighted by atomic mass is 35.5. The average Bonchev–Trinajstić information content (AvgIpc) is 2.40. The zero-order valence-corrected chi connectivity index (χ0v) is 12.7. The molecule has 0 saturated heterocycles. The van der Waals surface area contributed by atoms with Gasteiger partial charge in [0, 0.05) is 18.0 Å². The van der Waals surface area contributed by atoms with Crippen LogP contribution in [0.2, 0.25) is 0 Å². The van der Waals surface area contributed by atoms with Gasteiger partial charge in [-0.25, -0.2) is 4.79 Å². The van der Waals surface area contributed by atoms with Gasteiger partial charge < -0.3 is 4.74 Å². The van der Waals surface area contributed by atoms with Crippen molar-refractivity contribution in [2.75, 3.05) is 0 Å². The minimum absolute atomic E-state index is 0.0961. The molecule has 1 saturated carbocycles. The molecule has 0 spiro atoms. The Morgan fingerprint density at radius 2 is 1.65 bits per heavy atom. The number of rotatable bonds is 3. The first-order valence-corrected chi connectivity index (χ1v) is 7.42. The molecule has 1 fully saturated rings. The summed E-state index contributed by atoms with van der Waals surface area (Å²) in [7, 11) is 0. The van der Waals surface area contributed by atoms with Crippen LogP contribution in [0.1, 0.15) is 37.7 Å². The minimum Gasteiger partial charge on any atom is -0.450 e. The predicted molar refractivity (Wildman–Crippen MR) is 80.2 cm³/mol. The van der Waals surface area contributed by atoms with Crippen LogP contribution in [0, 0.1) is 0 Å². The molecule has 5 heteroatoms. The fourth-order valence-electron chi connectivity index (χ4n) is 2.07. The minimum atomic E-state index is -0.660. The summed E-state index contributed by atoms with van der Waals surface area (Å²) in [5.41, 5.74) is 0.300. The Balaban J connectivity index is 0.000000200. The highest BCUT2D eigenvalue weighted by molar-refractivity contribution is 6.63. The monoisotopic (exact) mass is 316 g/mol. The van der Waals surface area contributed by atoms with Gasteiger partial charge in [-0.3, -0.25) is 4.79 Å². The standard InChI is InChI=1S/C8H7ClO.C7H11ClO2/c9-8(10)6-7-4-2-1-3-5-7;8-7(9)10-6-4-2-1-3-5-6/h1-5H,6H2;6H,1-5H2. The molecule has 0 unspecified atom stereocenters. The van der Waals surface area contributed by atoms with Crippen LogP contribution in [0.5, 0.6) is 0 Å². The van der Waals surface area contributed by atoms with Crippen LogP contribution < -0.4 is 0 Å². The summed E-state index contributed by atoms with van der Waals surface area (Å²) in [5.74, 6) is 0. The highest BCUT2D eigenvalue weighted by Gasteiger charge is 2.15. The Hall–Kier alpha value is -1.06. The van der Waals surface area contributed by atoms with Crippen LogP contribution in [0.3, 0.4) is 0 Å². The van der Waals surface area contributed by atoms with Crippen molar-refractivity contribution in [3.63, 3.8) is 0 Å². The average molecular weight is 317 g/mol. The fourth-order valence-corrected chi connectivity index (χ4v) is 2.35. The van der Waals surface area contributed by atoms with Gasteiger partial charge in [0.1, 0.15) is 6.10 Å². The summed E-state index contributed by atoms with van der Waals surface area (Å²) in [5, 5.41) is -0.314. The fraction of sp³-hybridized carbons (Fsp3) is 0.467. The summed E-state index contributed by atoms with van der Waals surface area (Å²) < 4.78 is 4.82. The second-order valence-corrected chi connectivity index (χ2v) is 5.36. The van der Waals surface area contributed by atoms with Gasteiger partial charge in [0.25, 0.3) is 0 Å². The molecule has 0 aliphatic heterocycles. The van der Waals surface area contributed by atoms with Crippen molar-refractivity contribution in [3.8, 4) is 0 Å². The van der Waals surface area contributed by atoms with E-state index in [9.17, 15) is 9.59 Å². The number of carbonyl (C=O) groups excluding carboxylic acids is 2. The van der Waals surface area contributed by atoms with Gasteiger partial charge in [-0.05, 0) is 42.8 Å². The first-order chi connectivity index (χ1) is 9.58. The predicted octanol–water partition coefficient (Wildman–Crippen LogP) is 4.69. The summed E-state index contributed by atoms with van der Waals surface area (Å²) in [4.78, 5) is 20.6. The Bertz CT molecular complexity index is 414. The van der Waals surface area contributed by atoms with Crippen molar-refractivity contribution in [3.05, 3.63) is 35.9 Å². The van der Waals surface area contributed by atoms with Gasteiger partial charge in [-0.15, -0.1) is 0 Å². The molecule has 1 aromatic carbocycles. The molecule has 0 aromatic heterocycles. The number of halogens is 2. The molecular weight excluding hydrogens is 299 g/mol. The van der Waals surface area contributed by atoms with E-state index in [1.54, 1.807) is 0 Å². The van der Waals surface area contributed by atoms with Crippen molar-refractivity contribution < 1.29 is 14.3 Å². The van der Waals surface area contributed by atoms with E-state index in [-0.39, 0.29) is 11.3 Å². The molecule has 1 aliphatic carbocycles. The lowest BCUT2D eigenvalue weighted by atomic mass is 9.98. The van der Waals surface area contributed by atoms with E-state index >= 15 is 0 Å². The Morgan fingerprint density at radius 3 is 2.15 bits per heavy atom. The van der Waals surface area contributed by atoms with Gasteiger partial charge in [-0.2, -0.15) is 0 Å². The third kappa shape index (κ3) is 8.18. The molecule has 0 amide bonds. The Morgan fingerprint density at radius 1 is 1.05 bits per heavy atom. The molecule has 1 aliphatic rings. The van der Waals surface area contributed by atoms with Crippen molar-refractivity contribution >= 4 is 33.9 Å². The third-order valence-electron chi connectivity index (χ3n) is 3.00. The molecule has 2 rings (SSSR count). The van der Waals surface area contributed by atoms with Gasteiger partial charge in [-0.1, -0.05) is 36.8 Å². The van der Waals surface area contributed by atoms with E-state index in [4.69, 9.17) is 27.9 Å². The van der Waals surface area contributed by atoms with E-state index in [1.807, 2.05) is 30.3 Å². The van der Waals surface area contributed by atoms with Gasteiger partial charge >= 0.3 is 5.43 Å². The van der Waals surface area contributed by atoms with Crippen molar-refractivity contribution in [2.45, 2.75) is 44.6 Å². The maximum atomic E-state index is 10.4. The molecule has 1 aromatic rings. The summed E-state index contributed by atoms with van der Waals surface area (Å²) >= 11 is 10.2. The van der Waals surface area contributed by atoms with E-state index in [0.717, 1.165) is 31.2 Å². The van der Waals surface area contributed by atoms with Gasteiger partial charge in [0.2, 0.25) is 5.24 Å². The first-order valence-electron chi connectivity index (χ1n) is 6.66. The van der Waals surface area contributed by atoms with Crippen LogP contribution in [0.25, 0.3) is 0 Å². The van der Waals surface area contributed by atoms with Gasteiger partial charge in [0.15, 0.2) is 0 Å². The maximum Gasteiger partial charge on any atom is 0.404 e. The van der Waals surface area contributed by atoms with Gasteiger partial charge in [0.05, 0.1) is 0 Å². The number of hydrogen-bond acceptors (Lipinski definition) is 3. The van der Waals surface area contributed by atoms with E-state index in [0.29, 0.717) is 6.42 Å². The van der Waals surface area contributed by atoms with Crippen LogP contribution in [0.15, 0.2) is 30.3 Å². The second kappa shape index (κ2) is 9.78. The molecule has 0 N–H and O–H groups in total. The Labute approximate surface area is 129 Å². The molecule has 110 valence electrons. The lowest BCUT2D eigenvalue weighted by Gasteiger charge is -2.19. The molecule has 0 bridgehead atoms. The number of benzene rings is 1. The number of carbonyl (C=O) groups is 2. The Kier molecular flexibility index (Phi) is 8.31. The summed E-state index contributed by atoms with van der Waals surface area (Å²) in [6.45, 7) is 0. The first kappa shape index (κ1) is 17.0. The van der Waals surface area contributed by atoms with Crippen molar-refractivity contribution in [1.82, 2.24) is 0 Å². The number of hydrogen-bond donors (Lipinski definition) is 0. The van der Waals surface area contributed by atoms with Crippen LogP contribution >= 0.6 is 23.2 Å². The summed E-state index contributed by atoms with van der Waals surface area (Å²) in [6.07, 6.45) is 5.97. The summed E-state index contributed by atoms with van der Waals surface area (Å²) in [6, 6.07) is 9.42. The molecule has 0 radical (unpaired) electrons. The van der Waals surface area contributed by atoms with Crippen LogP contribution in [-0.2, 0) is 16.0 Å². The zero-order valence-electron chi connectivity index (χ0n) is 11.2. The molecule has 0 heterocycles. The van der Waals surface area contributed by atoms with Crippen molar-refractivity contribution in [2.24, 2.45) is 0 Å². The lowest BCUT2D eigenvalue weighted by Crippen LogP contribution is -2.17. The molecule has 0 atom stereocenters. The topological polar surface area (TPSA) is 43.4 Å². The largest absolute Gasteiger partial charge is 0.450 e. The second-order valence-electron chi connectivity index (χ2n) is 4.63. The molecule has 20 heavy (non-hydrogen) atoms. The van der Waals surface area contributed by atoms with Crippen molar-refractivity contribution in [1.29, 1.82) is 0 Å². The molecular formula is C15H18Cl2O3.